The first-order valence-corrected chi connectivity index (χ1v) is 7.95. The van der Waals surface area contributed by atoms with Gasteiger partial charge < -0.3 is 5.32 Å². The lowest BCUT2D eigenvalue weighted by molar-refractivity contribution is 0.507. The summed E-state index contributed by atoms with van der Waals surface area (Å²) < 4.78 is 0. The minimum Gasteiger partial charge on any atom is -0.309 e. The normalized spacial score (nSPS) is 12.8. The van der Waals surface area contributed by atoms with E-state index in [-0.39, 0.29) is 0 Å². The van der Waals surface area contributed by atoms with Gasteiger partial charge in [-0.2, -0.15) is 0 Å². The Morgan fingerprint density at radius 3 is 2.65 bits per heavy atom. The van der Waals surface area contributed by atoms with Gasteiger partial charge in [0.15, 0.2) is 0 Å². The second-order valence-corrected chi connectivity index (χ2v) is 6.15. The summed E-state index contributed by atoms with van der Waals surface area (Å²) >= 11 is 3.72. The molecule has 1 unspecified atom stereocenters. The van der Waals surface area contributed by atoms with Gasteiger partial charge in [0.1, 0.15) is 0 Å². The molecule has 92 valence electrons. The third-order valence-electron chi connectivity index (χ3n) is 2.79. The van der Waals surface area contributed by atoms with Crippen LogP contribution in [-0.2, 0) is 6.42 Å². The molecule has 1 nitrogen and oxygen atoms in total. The zero-order valence-electron chi connectivity index (χ0n) is 10.2. The van der Waals surface area contributed by atoms with Crippen LogP contribution in [-0.4, -0.2) is 6.54 Å². The fourth-order valence-corrected chi connectivity index (χ4v) is 3.46. The molecule has 2 aromatic rings. The summed E-state index contributed by atoms with van der Waals surface area (Å²) in [6.45, 7) is 3.32. The lowest BCUT2D eigenvalue weighted by atomic mass is 10.1. The van der Waals surface area contributed by atoms with Crippen LogP contribution in [0.4, 0.5) is 0 Å². The van der Waals surface area contributed by atoms with Gasteiger partial charge in [-0.25, -0.2) is 0 Å². The van der Waals surface area contributed by atoms with Crippen molar-refractivity contribution in [3.63, 3.8) is 0 Å². The van der Waals surface area contributed by atoms with Crippen molar-refractivity contribution < 1.29 is 0 Å². The third-order valence-corrected chi connectivity index (χ3v) is 4.71. The van der Waals surface area contributed by atoms with E-state index in [0.29, 0.717) is 6.04 Å². The van der Waals surface area contributed by atoms with Crippen molar-refractivity contribution in [1.29, 1.82) is 0 Å². The molecule has 0 bridgehead atoms. The molecule has 0 spiro atoms. The van der Waals surface area contributed by atoms with E-state index in [1.165, 1.54) is 29.0 Å². The first kappa shape index (κ1) is 12.8. The molecule has 0 saturated carbocycles. The molecule has 1 atom stereocenters. The molecule has 17 heavy (non-hydrogen) atoms. The molecule has 0 aromatic carbocycles. The van der Waals surface area contributed by atoms with Crippen LogP contribution in [0.2, 0.25) is 0 Å². The predicted molar refractivity (Wildman–Crippen MR) is 78.0 cm³/mol. The summed E-state index contributed by atoms with van der Waals surface area (Å²) in [6, 6.07) is 9.28. The largest absolute Gasteiger partial charge is 0.309 e. The van der Waals surface area contributed by atoms with E-state index < -0.39 is 0 Å². The second-order valence-electron chi connectivity index (χ2n) is 4.14. The maximum atomic E-state index is 3.65. The molecule has 2 aromatic heterocycles. The van der Waals surface area contributed by atoms with Gasteiger partial charge in [-0.05, 0) is 48.7 Å². The molecule has 3 heteroatoms. The monoisotopic (exact) mass is 265 g/mol. The molecule has 0 saturated heterocycles. The third kappa shape index (κ3) is 3.95. The minimum absolute atomic E-state index is 0.525. The van der Waals surface area contributed by atoms with Gasteiger partial charge in [0.25, 0.3) is 0 Å². The highest BCUT2D eigenvalue weighted by molar-refractivity contribution is 7.10. The topological polar surface area (TPSA) is 12.0 Å². The highest BCUT2D eigenvalue weighted by Gasteiger charge is 2.11. The van der Waals surface area contributed by atoms with Crippen LogP contribution < -0.4 is 5.32 Å². The van der Waals surface area contributed by atoms with Crippen molar-refractivity contribution in [2.45, 2.75) is 32.2 Å². The van der Waals surface area contributed by atoms with Gasteiger partial charge in [0, 0.05) is 15.8 Å². The Morgan fingerprint density at radius 2 is 2.00 bits per heavy atom. The van der Waals surface area contributed by atoms with Crippen LogP contribution in [0.1, 0.15) is 35.6 Å². The number of aryl methyl sites for hydroxylation is 1. The number of hydrogen-bond donors (Lipinski definition) is 1. The van der Waals surface area contributed by atoms with Crippen LogP contribution in [0.5, 0.6) is 0 Å². The van der Waals surface area contributed by atoms with Crippen molar-refractivity contribution in [1.82, 2.24) is 5.32 Å². The Kier molecular flexibility index (Phi) is 5.23. The van der Waals surface area contributed by atoms with Crippen molar-refractivity contribution in [3.8, 4) is 0 Å². The van der Waals surface area contributed by atoms with E-state index in [1.807, 2.05) is 22.7 Å². The Hall–Kier alpha value is -0.640. The smallest absolute Gasteiger partial charge is 0.0418 e. The highest BCUT2D eigenvalue weighted by atomic mass is 32.1. The zero-order valence-corrected chi connectivity index (χ0v) is 11.8. The molecule has 0 aliphatic rings. The predicted octanol–water partition coefficient (Wildman–Crippen LogP) is 4.48. The summed E-state index contributed by atoms with van der Waals surface area (Å²) in [5.41, 5.74) is 0. The van der Waals surface area contributed by atoms with Crippen LogP contribution in [0.3, 0.4) is 0 Å². The van der Waals surface area contributed by atoms with E-state index in [4.69, 9.17) is 0 Å². The summed E-state index contributed by atoms with van der Waals surface area (Å²) in [7, 11) is 0. The quantitative estimate of drug-likeness (QED) is 0.778. The number of rotatable bonds is 7. The lowest BCUT2D eigenvalue weighted by Crippen LogP contribution is -2.21. The molecule has 0 amide bonds. The van der Waals surface area contributed by atoms with Crippen molar-refractivity contribution in [2.24, 2.45) is 0 Å². The number of thiophene rings is 2. The summed E-state index contributed by atoms with van der Waals surface area (Å²) in [4.78, 5) is 2.96. The number of hydrogen-bond acceptors (Lipinski definition) is 3. The molecular weight excluding hydrogens is 246 g/mol. The average Bonchev–Trinajstić information content (AvgIpc) is 3.01. The highest BCUT2D eigenvalue weighted by Crippen LogP contribution is 2.24. The van der Waals surface area contributed by atoms with Crippen LogP contribution in [0.15, 0.2) is 35.0 Å². The number of nitrogens with one attached hydrogen (secondary N) is 1. The molecule has 0 aliphatic heterocycles. The van der Waals surface area contributed by atoms with Crippen molar-refractivity contribution >= 4 is 22.7 Å². The lowest BCUT2D eigenvalue weighted by Gasteiger charge is -2.16. The van der Waals surface area contributed by atoms with Crippen LogP contribution in [0, 0.1) is 0 Å². The maximum absolute atomic E-state index is 3.65. The fourth-order valence-electron chi connectivity index (χ4n) is 1.89. The van der Waals surface area contributed by atoms with Crippen LogP contribution in [0.25, 0.3) is 0 Å². The van der Waals surface area contributed by atoms with E-state index in [0.717, 1.165) is 6.54 Å². The van der Waals surface area contributed by atoms with Gasteiger partial charge >= 0.3 is 0 Å². The van der Waals surface area contributed by atoms with E-state index in [1.54, 1.807) is 0 Å². The summed E-state index contributed by atoms with van der Waals surface area (Å²) in [5.74, 6) is 0. The van der Waals surface area contributed by atoms with Crippen molar-refractivity contribution in [3.05, 3.63) is 44.8 Å². The molecule has 1 N–H and O–H groups in total. The molecule has 0 aliphatic carbocycles. The molecule has 0 radical (unpaired) electrons. The molecule has 0 fully saturated rings. The van der Waals surface area contributed by atoms with Gasteiger partial charge in [0.2, 0.25) is 0 Å². The molecule has 2 heterocycles. The van der Waals surface area contributed by atoms with Crippen molar-refractivity contribution in [2.75, 3.05) is 6.54 Å². The molecular formula is C14H19NS2. The standard InChI is InChI=1S/C14H19NS2/c1-2-9-15-13(14-6-4-11-17-14)8-7-12-5-3-10-16-12/h3-6,10-11,13,15H,2,7-9H2,1H3. The van der Waals surface area contributed by atoms with Crippen LogP contribution >= 0.6 is 22.7 Å². The zero-order chi connectivity index (χ0) is 11.9. The van der Waals surface area contributed by atoms with Gasteiger partial charge in [-0.3, -0.25) is 0 Å². The van der Waals surface area contributed by atoms with E-state index in [2.05, 4.69) is 47.3 Å². The Bertz CT molecular complexity index is 392. The first-order valence-electron chi connectivity index (χ1n) is 6.19. The Labute approximate surface area is 112 Å². The average molecular weight is 265 g/mol. The molecule has 2 rings (SSSR count). The maximum Gasteiger partial charge on any atom is 0.0418 e. The SMILES string of the molecule is CCCNC(CCc1cccs1)c1cccs1. The minimum atomic E-state index is 0.525. The van der Waals surface area contributed by atoms with Gasteiger partial charge in [-0.15, -0.1) is 22.7 Å². The van der Waals surface area contributed by atoms with E-state index >= 15 is 0 Å². The summed E-state index contributed by atoms with van der Waals surface area (Å²) in [6.07, 6.45) is 3.57. The fraction of sp³-hybridized carbons (Fsp3) is 0.429. The Balaban J connectivity index is 1.91. The van der Waals surface area contributed by atoms with E-state index in [9.17, 15) is 0 Å². The van der Waals surface area contributed by atoms with Gasteiger partial charge in [0.05, 0.1) is 0 Å². The summed E-state index contributed by atoms with van der Waals surface area (Å²) in [5, 5.41) is 7.98. The van der Waals surface area contributed by atoms with Gasteiger partial charge in [-0.1, -0.05) is 19.1 Å². The first-order chi connectivity index (χ1) is 8.40. The Morgan fingerprint density at radius 1 is 1.18 bits per heavy atom. The second kappa shape index (κ2) is 6.94.